The summed E-state index contributed by atoms with van der Waals surface area (Å²) in [4.78, 5) is 40.9. The number of anilines is 3. The fraction of sp³-hybridized carbons (Fsp3) is 0.310. The smallest absolute Gasteiger partial charge is 0.261 e. The summed E-state index contributed by atoms with van der Waals surface area (Å²) >= 11 is 6.62. The van der Waals surface area contributed by atoms with Gasteiger partial charge in [0.05, 0.1) is 22.8 Å². The average Bonchev–Trinajstić information content (AvgIpc) is 3.40. The maximum absolute atomic E-state index is 13.6. The van der Waals surface area contributed by atoms with Crippen LogP contribution >= 0.6 is 11.6 Å². The molecule has 0 saturated carbocycles. The van der Waals surface area contributed by atoms with E-state index in [1.165, 1.54) is 5.69 Å². The van der Waals surface area contributed by atoms with Gasteiger partial charge in [0.15, 0.2) is 5.84 Å². The number of likely N-dealkylation sites (N-methyl/N-ethyl adjacent to an activating group) is 1. The van der Waals surface area contributed by atoms with Gasteiger partial charge in [0.1, 0.15) is 5.65 Å². The van der Waals surface area contributed by atoms with Crippen molar-refractivity contribution in [3.05, 3.63) is 69.7 Å². The van der Waals surface area contributed by atoms with Gasteiger partial charge in [-0.15, -0.1) is 0 Å². The molecule has 1 fully saturated rings. The number of nitrogens with zero attached hydrogens (tertiary/aromatic N) is 8. The second-order valence-corrected chi connectivity index (χ2v) is 10.5. The zero-order valence-electron chi connectivity index (χ0n) is 22.7. The number of amidine groups is 1. The van der Waals surface area contributed by atoms with Crippen LogP contribution in [0.1, 0.15) is 19.4 Å². The number of halogens is 1. The Bertz CT molecular complexity index is 1700. The van der Waals surface area contributed by atoms with Gasteiger partial charge in [-0.1, -0.05) is 11.6 Å². The number of piperazine rings is 1. The monoisotopic (exact) mass is 555 g/mol. The highest BCUT2D eigenvalue weighted by Crippen LogP contribution is 2.28. The number of hydrogen-bond acceptors (Lipinski definition) is 9. The van der Waals surface area contributed by atoms with Gasteiger partial charge in [0.2, 0.25) is 5.95 Å². The first-order valence-corrected chi connectivity index (χ1v) is 13.7. The van der Waals surface area contributed by atoms with Crippen molar-refractivity contribution in [3.63, 3.8) is 0 Å². The lowest BCUT2D eigenvalue weighted by molar-refractivity contribution is 0.313. The predicted molar refractivity (Wildman–Crippen MR) is 162 cm³/mol. The molecule has 1 aromatic carbocycles. The number of aryl methyl sites for hydroxylation is 1. The summed E-state index contributed by atoms with van der Waals surface area (Å²) in [6.45, 7) is 8.99. The highest BCUT2D eigenvalue weighted by atomic mass is 35.5. The van der Waals surface area contributed by atoms with Crippen molar-refractivity contribution >= 4 is 51.5 Å². The van der Waals surface area contributed by atoms with E-state index in [9.17, 15) is 4.79 Å². The zero-order valence-corrected chi connectivity index (χ0v) is 23.5. The summed E-state index contributed by atoms with van der Waals surface area (Å²) in [6, 6.07) is 11.8. The number of pyridine rings is 2. The molecule has 1 N–H and O–H groups in total. The maximum Gasteiger partial charge on any atom is 0.261 e. The molecule has 6 rings (SSSR count). The minimum absolute atomic E-state index is 0.217. The number of nitrogens with one attached hydrogen (secondary N) is 1. The summed E-state index contributed by atoms with van der Waals surface area (Å²) in [5.41, 5.74) is 4.85. The van der Waals surface area contributed by atoms with Crippen molar-refractivity contribution in [2.45, 2.75) is 20.4 Å². The standard InChI is InChI=1S/C29H30ClN9O/c1-4-39-27-20(13-23(28(39)40)25-24(30)14-19(16-31-25)26-32-15-18(2)34-26)17-33-29(36-27)35-21-5-7-22(8-6-21)38-11-9-37(3)10-12-38/h5-8,13-14,16-17H,4,9-12,15H2,1-3H3,(H,33,35,36). The van der Waals surface area contributed by atoms with Crippen molar-refractivity contribution < 1.29 is 0 Å². The molecule has 40 heavy (non-hydrogen) atoms. The molecule has 0 atom stereocenters. The molecule has 0 spiro atoms. The largest absolute Gasteiger partial charge is 0.369 e. The molecule has 0 aliphatic carbocycles. The van der Waals surface area contributed by atoms with Gasteiger partial charge >= 0.3 is 0 Å². The average molecular weight is 556 g/mol. The molecule has 0 bridgehead atoms. The van der Waals surface area contributed by atoms with Crippen LogP contribution in [0.25, 0.3) is 22.3 Å². The fourth-order valence-corrected chi connectivity index (χ4v) is 5.25. The van der Waals surface area contributed by atoms with E-state index in [4.69, 9.17) is 16.6 Å². The molecule has 10 nitrogen and oxygen atoms in total. The highest BCUT2D eigenvalue weighted by Gasteiger charge is 2.19. The van der Waals surface area contributed by atoms with Crippen molar-refractivity contribution in [3.8, 4) is 11.3 Å². The quantitative estimate of drug-likeness (QED) is 0.379. The molecule has 0 radical (unpaired) electrons. The number of rotatable bonds is 6. The van der Waals surface area contributed by atoms with Gasteiger partial charge < -0.3 is 15.1 Å². The van der Waals surface area contributed by atoms with E-state index in [2.05, 4.69) is 54.2 Å². The third-order valence-electron chi connectivity index (χ3n) is 7.24. The van der Waals surface area contributed by atoms with Crippen LogP contribution in [0.15, 0.2) is 63.6 Å². The van der Waals surface area contributed by atoms with Crippen molar-refractivity contribution in [1.29, 1.82) is 0 Å². The lowest BCUT2D eigenvalue weighted by Gasteiger charge is -2.34. The third kappa shape index (κ3) is 5.07. The van der Waals surface area contributed by atoms with Gasteiger partial charge in [-0.05, 0) is 57.3 Å². The fourth-order valence-electron chi connectivity index (χ4n) is 4.99. The van der Waals surface area contributed by atoms with Crippen LogP contribution in [0, 0.1) is 0 Å². The Morgan fingerprint density at radius 2 is 1.80 bits per heavy atom. The molecule has 0 unspecified atom stereocenters. The minimum Gasteiger partial charge on any atom is -0.369 e. The molecule has 0 amide bonds. The van der Waals surface area contributed by atoms with Gasteiger partial charge in [-0.25, -0.2) is 9.98 Å². The molecular weight excluding hydrogens is 526 g/mol. The third-order valence-corrected chi connectivity index (χ3v) is 7.53. The maximum atomic E-state index is 13.6. The summed E-state index contributed by atoms with van der Waals surface area (Å²) in [6.07, 6.45) is 3.37. The van der Waals surface area contributed by atoms with E-state index < -0.39 is 0 Å². The normalized spacial score (nSPS) is 15.8. The van der Waals surface area contributed by atoms with Crippen molar-refractivity contribution in [1.82, 2.24) is 24.4 Å². The summed E-state index contributed by atoms with van der Waals surface area (Å²) in [7, 11) is 2.15. The summed E-state index contributed by atoms with van der Waals surface area (Å²) in [5, 5.41) is 4.35. The van der Waals surface area contributed by atoms with Gasteiger partial charge in [-0.3, -0.25) is 19.3 Å². The van der Waals surface area contributed by atoms with Crippen LogP contribution in [-0.4, -0.2) is 75.7 Å². The molecule has 5 heterocycles. The second-order valence-electron chi connectivity index (χ2n) is 10.1. The van der Waals surface area contributed by atoms with E-state index in [-0.39, 0.29) is 5.56 Å². The van der Waals surface area contributed by atoms with Crippen LogP contribution < -0.4 is 15.8 Å². The molecule has 204 valence electrons. The van der Waals surface area contributed by atoms with E-state index in [0.717, 1.165) is 48.5 Å². The van der Waals surface area contributed by atoms with Crippen LogP contribution in [0.3, 0.4) is 0 Å². The van der Waals surface area contributed by atoms with Crippen LogP contribution in [0.4, 0.5) is 17.3 Å². The van der Waals surface area contributed by atoms with Gasteiger partial charge in [0, 0.05) is 73.2 Å². The number of benzene rings is 1. The van der Waals surface area contributed by atoms with Crippen LogP contribution in [0.2, 0.25) is 5.02 Å². The SMILES string of the molecule is CCn1c(=O)c(-c2ncc(C3=NCC(C)=N3)cc2Cl)cc2cnc(Nc3ccc(N4CCN(C)CC4)cc3)nc21. The predicted octanol–water partition coefficient (Wildman–Crippen LogP) is 4.24. The molecule has 4 aromatic rings. The number of aromatic nitrogens is 4. The Kier molecular flexibility index (Phi) is 7.03. The topological polar surface area (TPSA) is 104 Å². The number of aliphatic imine (C=N–C) groups is 2. The molecule has 2 aliphatic rings. The lowest BCUT2D eigenvalue weighted by atomic mass is 10.1. The Hall–Kier alpha value is -4.15. The molecule has 3 aromatic heterocycles. The van der Waals surface area contributed by atoms with E-state index in [1.807, 2.05) is 26.0 Å². The van der Waals surface area contributed by atoms with Crippen molar-refractivity contribution in [2.75, 3.05) is 50.0 Å². The van der Waals surface area contributed by atoms with Crippen LogP contribution in [-0.2, 0) is 6.54 Å². The Balaban J connectivity index is 1.28. The summed E-state index contributed by atoms with van der Waals surface area (Å²) in [5.74, 6) is 1.02. The van der Waals surface area contributed by atoms with E-state index in [1.54, 1.807) is 29.1 Å². The molecule has 1 saturated heterocycles. The first-order valence-electron chi connectivity index (χ1n) is 13.4. The molecular formula is C29H30ClN9O. The number of fused-ring (bicyclic) bond motifs is 1. The Morgan fingerprint density at radius 3 is 2.48 bits per heavy atom. The van der Waals surface area contributed by atoms with Crippen molar-refractivity contribution in [2.24, 2.45) is 9.98 Å². The molecule has 2 aliphatic heterocycles. The zero-order chi connectivity index (χ0) is 27.8. The van der Waals surface area contributed by atoms with Gasteiger partial charge in [-0.2, -0.15) is 4.98 Å². The minimum atomic E-state index is -0.217. The van der Waals surface area contributed by atoms with Gasteiger partial charge in [0.25, 0.3) is 5.56 Å². The van der Waals surface area contributed by atoms with Crippen LogP contribution in [0.5, 0.6) is 0 Å². The Labute approximate surface area is 237 Å². The lowest BCUT2D eigenvalue weighted by Crippen LogP contribution is -2.44. The Morgan fingerprint density at radius 1 is 1.02 bits per heavy atom. The number of hydrogen-bond donors (Lipinski definition) is 1. The van der Waals surface area contributed by atoms with E-state index in [0.29, 0.717) is 46.8 Å². The van der Waals surface area contributed by atoms with E-state index >= 15 is 0 Å². The second kappa shape index (κ2) is 10.8. The highest BCUT2D eigenvalue weighted by molar-refractivity contribution is 6.33. The first kappa shape index (κ1) is 26.1. The summed E-state index contributed by atoms with van der Waals surface area (Å²) < 4.78 is 1.62. The first-order chi connectivity index (χ1) is 19.4. The molecule has 11 heteroatoms.